The molecule has 0 atom stereocenters. The predicted molar refractivity (Wildman–Crippen MR) is 113 cm³/mol. The second kappa shape index (κ2) is 7.35. The van der Waals surface area contributed by atoms with Crippen molar-refractivity contribution in [2.75, 3.05) is 25.0 Å². The molecule has 0 aliphatic carbocycles. The molecule has 7 nitrogen and oxygen atoms in total. The number of carbonyl (C=O) groups is 1. The van der Waals surface area contributed by atoms with Gasteiger partial charge < -0.3 is 21.3 Å². The predicted octanol–water partition coefficient (Wildman–Crippen LogP) is 1.70. The number of pyridine rings is 1. The van der Waals surface area contributed by atoms with Gasteiger partial charge in [0.1, 0.15) is 5.70 Å². The van der Waals surface area contributed by atoms with Crippen molar-refractivity contribution in [3.8, 4) is 11.3 Å². The molecule has 0 radical (unpaired) electrons. The fraction of sp³-hybridized carbons (Fsp3) is 0.364. The Kier molecular flexibility index (Phi) is 4.86. The second-order valence-electron chi connectivity index (χ2n) is 7.98. The zero-order valence-corrected chi connectivity index (χ0v) is 16.7. The molecule has 2 aliphatic heterocycles. The summed E-state index contributed by atoms with van der Waals surface area (Å²) in [5.41, 5.74) is 11.4. The minimum absolute atomic E-state index is 0.139. The van der Waals surface area contributed by atoms with Crippen molar-refractivity contribution < 1.29 is 9.59 Å². The maximum atomic E-state index is 12.0. The first-order chi connectivity index (χ1) is 13.9. The first kappa shape index (κ1) is 19.2. The highest BCUT2D eigenvalue weighted by Gasteiger charge is 2.31. The van der Waals surface area contributed by atoms with Crippen LogP contribution in [0, 0.1) is 0 Å². The van der Waals surface area contributed by atoms with E-state index in [9.17, 15) is 9.59 Å². The van der Waals surface area contributed by atoms with Gasteiger partial charge in [0.05, 0.1) is 17.6 Å². The minimum atomic E-state index is -0.164. The van der Waals surface area contributed by atoms with E-state index in [4.69, 9.17) is 10.7 Å². The van der Waals surface area contributed by atoms with Crippen LogP contribution in [0.3, 0.4) is 0 Å². The normalized spacial score (nSPS) is 17.3. The molecule has 0 bridgehead atoms. The van der Waals surface area contributed by atoms with Gasteiger partial charge in [0.15, 0.2) is 5.94 Å². The quantitative estimate of drug-likeness (QED) is 0.689. The Morgan fingerprint density at radius 2 is 2.10 bits per heavy atom. The molecule has 4 N–H and O–H groups in total. The Balaban J connectivity index is 1.79. The van der Waals surface area contributed by atoms with Crippen LogP contribution in [0.15, 0.2) is 30.5 Å². The van der Waals surface area contributed by atoms with Gasteiger partial charge in [-0.05, 0) is 31.9 Å². The van der Waals surface area contributed by atoms with Gasteiger partial charge >= 0.3 is 0 Å². The fourth-order valence-electron chi connectivity index (χ4n) is 4.04. The zero-order valence-electron chi connectivity index (χ0n) is 16.7. The molecule has 0 spiro atoms. The molecule has 2 aromatic rings. The Morgan fingerprint density at radius 3 is 2.79 bits per heavy atom. The number of hydrogen-bond donors (Lipinski definition) is 3. The molecule has 1 fully saturated rings. The largest absolute Gasteiger partial charge is 0.371 e. The number of hydrogen-bond acceptors (Lipinski definition) is 6. The molecule has 150 valence electrons. The number of nitrogens with two attached hydrogens (primary N) is 1. The van der Waals surface area contributed by atoms with E-state index in [1.165, 1.54) is 0 Å². The molecule has 29 heavy (non-hydrogen) atoms. The number of piperidine rings is 1. The first-order valence-corrected chi connectivity index (χ1v) is 9.81. The molecular weight excluding hydrogens is 366 g/mol. The Morgan fingerprint density at radius 1 is 1.34 bits per heavy atom. The number of rotatable bonds is 3. The van der Waals surface area contributed by atoms with Gasteiger partial charge in [-0.25, -0.2) is 4.79 Å². The summed E-state index contributed by atoms with van der Waals surface area (Å²) in [5, 5.41) is 5.78. The Hall–Kier alpha value is -3.15. The lowest BCUT2D eigenvalue weighted by molar-refractivity contribution is 0.0963. The molecule has 1 amide bonds. The third kappa shape index (κ3) is 3.50. The monoisotopic (exact) mass is 391 g/mol. The van der Waals surface area contributed by atoms with Crippen LogP contribution < -0.4 is 21.3 Å². The van der Waals surface area contributed by atoms with Crippen molar-refractivity contribution in [2.24, 2.45) is 5.73 Å². The summed E-state index contributed by atoms with van der Waals surface area (Å²) >= 11 is 0. The van der Waals surface area contributed by atoms with Crippen molar-refractivity contribution in [1.29, 1.82) is 0 Å². The average molecular weight is 391 g/mol. The van der Waals surface area contributed by atoms with Crippen molar-refractivity contribution in [2.45, 2.75) is 31.8 Å². The molecule has 7 heteroatoms. The fourth-order valence-corrected chi connectivity index (χ4v) is 4.04. The van der Waals surface area contributed by atoms with Crippen LogP contribution in [0.2, 0.25) is 0 Å². The van der Waals surface area contributed by atoms with Gasteiger partial charge in [-0.1, -0.05) is 12.1 Å². The van der Waals surface area contributed by atoms with Crippen LogP contribution >= 0.6 is 0 Å². The number of benzene rings is 1. The van der Waals surface area contributed by atoms with Gasteiger partial charge in [-0.3, -0.25) is 9.78 Å². The van der Waals surface area contributed by atoms with E-state index in [0.717, 1.165) is 48.3 Å². The van der Waals surface area contributed by atoms with E-state index in [1.54, 1.807) is 19.2 Å². The highest BCUT2D eigenvalue weighted by molar-refractivity contribution is 5.98. The standard InChI is InChI=1S/C22H25N5O2/c1-22(23)6-8-27(9-7-22)18-12-26-20(19-16(18)11-25-17(19)13-28)14-4-3-5-15(10-14)21(29)24-2/h3-5,10,12,25H,6-9,11,23H2,1-2H3,(H,24,29). The van der Waals surface area contributed by atoms with Crippen molar-refractivity contribution >= 4 is 23.2 Å². The molecule has 3 heterocycles. The van der Waals surface area contributed by atoms with Gasteiger partial charge in [0, 0.05) is 54.5 Å². The van der Waals surface area contributed by atoms with Gasteiger partial charge in [0.25, 0.3) is 5.91 Å². The molecule has 4 rings (SSSR count). The van der Waals surface area contributed by atoms with Crippen molar-refractivity contribution in [1.82, 2.24) is 15.6 Å². The second-order valence-corrected chi connectivity index (χ2v) is 7.98. The van der Waals surface area contributed by atoms with Crippen LogP contribution in [0.1, 0.15) is 41.3 Å². The molecule has 1 aromatic carbocycles. The number of amides is 1. The first-order valence-electron chi connectivity index (χ1n) is 9.81. The Labute approximate surface area is 170 Å². The molecule has 1 aromatic heterocycles. The van der Waals surface area contributed by atoms with Crippen LogP contribution in [-0.4, -0.2) is 42.5 Å². The van der Waals surface area contributed by atoms with E-state index >= 15 is 0 Å². The lowest BCUT2D eigenvalue weighted by Gasteiger charge is -2.38. The maximum absolute atomic E-state index is 12.0. The van der Waals surface area contributed by atoms with Gasteiger partial charge in [0.2, 0.25) is 0 Å². The summed E-state index contributed by atoms with van der Waals surface area (Å²) in [6, 6.07) is 7.27. The lowest BCUT2D eigenvalue weighted by Crippen LogP contribution is -2.48. The van der Waals surface area contributed by atoms with Crippen molar-refractivity contribution in [3.63, 3.8) is 0 Å². The number of carbonyl (C=O) groups excluding carboxylic acids is 2. The lowest BCUT2D eigenvalue weighted by atomic mass is 9.90. The number of nitrogens with zero attached hydrogens (tertiary/aromatic N) is 2. The summed E-state index contributed by atoms with van der Waals surface area (Å²) < 4.78 is 0. The summed E-state index contributed by atoms with van der Waals surface area (Å²) in [4.78, 5) is 30.6. The summed E-state index contributed by atoms with van der Waals surface area (Å²) in [6.45, 7) is 4.35. The van der Waals surface area contributed by atoms with Crippen LogP contribution in [0.4, 0.5) is 5.69 Å². The number of fused-ring (bicyclic) bond motifs is 1. The van der Waals surface area contributed by atoms with E-state index in [0.29, 0.717) is 23.5 Å². The summed E-state index contributed by atoms with van der Waals surface area (Å²) in [6.07, 6.45) is 3.68. The van der Waals surface area contributed by atoms with E-state index in [-0.39, 0.29) is 11.4 Å². The number of anilines is 1. The summed E-state index contributed by atoms with van der Waals surface area (Å²) in [5.74, 6) is 1.86. The topological polar surface area (TPSA) is 100 Å². The summed E-state index contributed by atoms with van der Waals surface area (Å²) in [7, 11) is 1.60. The van der Waals surface area contributed by atoms with Crippen molar-refractivity contribution in [3.05, 3.63) is 47.2 Å². The van der Waals surface area contributed by atoms with Gasteiger partial charge in [-0.15, -0.1) is 0 Å². The van der Waals surface area contributed by atoms with Crippen LogP contribution in [-0.2, 0) is 11.3 Å². The number of aromatic nitrogens is 1. The third-order valence-electron chi connectivity index (χ3n) is 5.83. The molecule has 2 aliphatic rings. The number of nitrogens with one attached hydrogen (secondary N) is 2. The van der Waals surface area contributed by atoms with E-state index < -0.39 is 0 Å². The highest BCUT2D eigenvalue weighted by Crippen LogP contribution is 2.38. The van der Waals surface area contributed by atoms with Crippen LogP contribution in [0.25, 0.3) is 17.0 Å². The third-order valence-corrected chi connectivity index (χ3v) is 5.83. The molecular formula is C22H25N5O2. The van der Waals surface area contributed by atoms with Crippen LogP contribution in [0.5, 0.6) is 0 Å². The maximum Gasteiger partial charge on any atom is 0.251 e. The Bertz CT molecular complexity index is 1010. The minimum Gasteiger partial charge on any atom is -0.371 e. The molecule has 0 saturated carbocycles. The molecule has 1 saturated heterocycles. The van der Waals surface area contributed by atoms with E-state index in [2.05, 4.69) is 22.5 Å². The molecule has 0 unspecified atom stereocenters. The van der Waals surface area contributed by atoms with Gasteiger partial charge in [-0.2, -0.15) is 0 Å². The van der Waals surface area contributed by atoms with E-state index in [1.807, 2.05) is 24.3 Å². The zero-order chi connectivity index (χ0) is 20.6. The highest BCUT2D eigenvalue weighted by atomic mass is 16.1. The average Bonchev–Trinajstić information content (AvgIpc) is 3.17. The SMILES string of the molecule is CNC(=O)c1cccc(-c2ncc(N3CCC(C)(N)CC3)c3c2C(=C=O)NC3)c1. The smallest absolute Gasteiger partial charge is 0.251 e.